The molecule has 3 aliphatic rings. The third-order valence-corrected chi connectivity index (χ3v) is 6.75. The summed E-state index contributed by atoms with van der Waals surface area (Å²) in [7, 11) is 0. The van der Waals surface area contributed by atoms with Crippen molar-refractivity contribution in [3.63, 3.8) is 0 Å². The zero-order valence-corrected chi connectivity index (χ0v) is 17.3. The molecule has 2 aliphatic carbocycles. The quantitative estimate of drug-likeness (QED) is 0.494. The summed E-state index contributed by atoms with van der Waals surface area (Å²) in [5.74, 6) is -0.546. The lowest BCUT2D eigenvalue weighted by Crippen LogP contribution is -2.71. The number of nitrogens with zero attached hydrogens (tertiary/aromatic N) is 2. The molecule has 1 saturated heterocycles. The first kappa shape index (κ1) is 20.8. The zero-order chi connectivity index (χ0) is 22.9. The maximum Gasteiger partial charge on any atom is 0.382 e. The number of guanidine groups is 1. The average molecular weight is 443 g/mol. The number of hydrogen-bond acceptors (Lipinski definition) is 6. The number of carbonyl (C=O) groups excluding carboxylic acids is 1. The number of benzene rings is 1. The number of aliphatic hydroxyl groups is 2. The number of amides is 1. The average Bonchev–Trinajstić information content (AvgIpc) is 2.67. The summed E-state index contributed by atoms with van der Waals surface area (Å²) in [6, 6.07) is 8.81. The van der Waals surface area contributed by atoms with E-state index in [2.05, 4.69) is 15.6 Å². The largest absolute Gasteiger partial charge is 0.382 e. The molecule has 1 aromatic carbocycles. The molecule has 1 aromatic heterocycles. The molecule has 168 valence electrons. The van der Waals surface area contributed by atoms with Crippen molar-refractivity contribution < 1.29 is 23.8 Å². The summed E-state index contributed by atoms with van der Waals surface area (Å²) < 4.78 is 26.4. The number of pyridine rings is 1. The lowest BCUT2D eigenvalue weighted by molar-refractivity contribution is -0.335. The van der Waals surface area contributed by atoms with E-state index in [-0.39, 0.29) is 18.3 Å². The van der Waals surface area contributed by atoms with Gasteiger partial charge in [-0.2, -0.15) is 8.78 Å². The fourth-order valence-corrected chi connectivity index (χ4v) is 4.93. The first-order valence-electron chi connectivity index (χ1n) is 10.3. The monoisotopic (exact) mass is 443 g/mol. The first-order valence-corrected chi connectivity index (χ1v) is 10.3. The standard InChI is InChI=1S/C22H23F2N5O3/c1-12-5-6-13(11-26-12)27-17-4-2-3-16-15(17)9-20(16)10-18(30)29(19(25)28-20)14-7-21(31,8-14)22(23,24)32/h2-6,11,14,27,31-32H,7-10H2,1H3,(H2,25,28)/t14-,20-,21-/m0/s1. The van der Waals surface area contributed by atoms with Gasteiger partial charge in [0.15, 0.2) is 11.6 Å². The van der Waals surface area contributed by atoms with E-state index < -0.39 is 36.1 Å². The number of rotatable bonds is 4. The van der Waals surface area contributed by atoms with Crippen LogP contribution in [0.15, 0.2) is 36.5 Å². The third kappa shape index (κ3) is 3.05. The van der Waals surface area contributed by atoms with Crippen molar-refractivity contribution in [2.45, 2.75) is 55.9 Å². The van der Waals surface area contributed by atoms with Crippen molar-refractivity contribution in [2.24, 2.45) is 0 Å². The highest BCUT2D eigenvalue weighted by Crippen LogP contribution is 2.50. The molecule has 0 radical (unpaired) electrons. The zero-order valence-electron chi connectivity index (χ0n) is 17.3. The van der Waals surface area contributed by atoms with Gasteiger partial charge >= 0.3 is 6.11 Å². The number of halogens is 2. The van der Waals surface area contributed by atoms with Gasteiger partial charge in [0.2, 0.25) is 5.91 Å². The highest BCUT2D eigenvalue weighted by molar-refractivity contribution is 6.00. The number of carbonyl (C=O) groups is 1. The van der Waals surface area contributed by atoms with Crippen LogP contribution in [-0.4, -0.2) is 49.7 Å². The number of hydrogen-bond donors (Lipinski definition) is 5. The van der Waals surface area contributed by atoms with Gasteiger partial charge in [-0.25, -0.2) is 0 Å². The Hall–Kier alpha value is -3.11. The Morgan fingerprint density at radius 3 is 2.66 bits per heavy atom. The van der Waals surface area contributed by atoms with Gasteiger partial charge in [-0.05, 0) is 36.2 Å². The van der Waals surface area contributed by atoms with Crippen LogP contribution in [0.4, 0.5) is 20.2 Å². The highest BCUT2D eigenvalue weighted by Gasteiger charge is 2.63. The van der Waals surface area contributed by atoms with Crippen LogP contribution >= 0.6 is 0 Å². The van der Waals surface area contributed by atoms with E-state index in [0.29, 0.717) is 6.42 Å². The number of aryl methyl sites for hydroxylation is 1. The molecule has 1 spiro atoms. The molecule has 10 heteroatoms. The van der Waals surface area contributed by atoms with Crippen molar-refractivity contribution >= 4 is 23.2 Å². The van der Waals surface area contributed by atoms with Crippen LogP contribution < -0.4 is 10.6 Å². The van der Waals surface area contributed by atoms with Gasteiger partial charge in [0.25, 0.3) is 0 Å². The summed E-state index contributed by atoms with van der Waals surface area (Å²) in [5.41, 5.74) is 1.31. The van der Waals surface area contributed by atoms with Crippen LogP contribution in [0, 0.1) is 12.3 Å². The Balaban J connectivity index is 1.32. The van der Waals surface area contributed by atoms with Crippen LogP contribution in [0.25, 0.3) is 0 Å². The second-order valence-corrected chi connectivity index (χ2v) is 8.95. The number of nitrogens with one attached hydrogen (secondary N) is 3. The van der Waals surface area contributed by atoms with Gasteiger partial charge in [-0.15, -0.1) is 0 Å². The van der Waals surface area contributed by atoms with Crippen LogP contribution in [0.3, 0.4) is 0 Å². The van der Waals surface area contributed by atoms with Crippen molar-refractivity contribution in [3.05, 3.63) is 53.3 Å². The molecule has 0 unspecified atom stereocenters. The molecule has 2 fully saturated rings. The molecular formula is C22H23F2N5O3. The molecule has 32 heavy (non-hydrogen) atoms. The highest BCUT2D eigenvalue weighted by atomic mass is 19.3. The molecule has 1 atom stereocenters. The lowest BCUT2D eigenvalue weighted by atomic mass is 9.66. The maximum absolute atomic E-state index is 13.2. The number of anilines is 2. The predicted molar refractivity (Wildman–Crippen MR) is 112 cm³/mol. The molecule has 1 amide bonds. The molecule has 1 aliphatic heterocycles. The van der Waals surface area contributed by atoms with E-state index in [1.54, 1.807) is 6.20 Å². The van der Waals surface area contributed by atoms with Gasteiger partial charge in [0, 0.05) is 36.7 Å². The topological polar surface area (TPSA) is 122 Å². The summed E-state index contributed by atoms with van der Waals surface area (Å²) in [6.45, 7) is 1.91. The van der Waals surface area contributed by atoms with E-state index in [4.69, 9.17) is 10.5 Å². The minimum absolute atomic E-state index is 0.0718. The number of fused-ring (bicyclic) bond motifs is 2. The normalized spacial score (nSPS) is 29.2. The second kappa shape index (κ2) is 6.69. The molecule has 5 N–H and O–H groups in total. The Morgan fingerprint density at radius 2 is 2.03 bits per heavy atom. The van der Waals surface area contributed by atoms with Crippen LogP contribution in [0.5, 0.6) is 0 Å². The Morgan fingerprint density at radius 1 is 1.28 bits per heavy atom. The van der Waals surface area contributed by atoms with Crippen LogP contribution in [0.1, 0.15) is 36.1 Å². The summed E-state index contributed by atoms with van der Waals surface area (Å²) in [6.07, 6.45) is -2.89. The number of alkyl halides is 2. The summed E-state index contributed by atoms with van der Waals surface area (Å²) in [5, 5.41) is 33.5. The Kier molecular flexibility index (Phi) is 4.35. The van der Waals surface area contributed by atoms with E-state index in [0.717, 1.165) is 33.1 Å². The first-order chi connectivity index (χ1) is 15.0. The van der Waals surface area contributed by atoms with Crippen molar-refractivity contribution in [2.75, 3.05) is 5.32 Å². The fraction of sp³-hybridized carbons (Fsp3) is 0.409. The molecular weight excluding hydrogens is 420 g/mol. The summed E-state index contributed by atoms with van der Waals surface area (Å²) >= 11 is 0. The lowest BCUT2D eigenvalue weighted by Gasteiger charge is -2.55. The van der Waals surface area contributed by atoms with Crippen LogP contribution in [0.2, 0.25) is 0 Å². The van der Waals surface area contributed by atoms with Gasteiger partial charge in [0.05, 0.1) is 23.8 Å². The SMILES string of the molecule is Cc1ccc(Nc2cccc3c2C[C@]32CC(=O)N([C@H]3C[C@@](O)(C(O)(F)F)C3)C(=N)N2)cn1. The smallest absolute Gasteiger partial charge is 0.381 e. The van der Waals surface area contributed by atoms with Crippen molar-refractivity contribution in [1.82, 2.24) is 15.2 Å². The Bertz CT molecular complexity index is 1090. The Labute approximate surface area is 182 Å². The van der Waals surface area contributed by atoms with Crippen LogP contribution in [-0.2, 0) is 16.8 Å². The molecule has 8 nitrogen and oxygen atoms in total. The maximum atomic E-state index is 13.2. The van der Waals surface area contributed by atoms with E-state index >= 15 is 0 Å². The minimum Gasteiger partial charge on any atom is -0.381 e. The van der Waals surface area contributed by atoms with Crippen molar-refractivity contribution in [3.8, 4) is 0 Å². The molecule has 2 aromatic rings. The van der Waals surface area contributed by atoms with Gasteiger partial charge in [-0.3, -0.25) is 20.1 Å². The predicted octanol–water partition coefficient (Wildman–Crippen LogP) is 2.12. The molecule has 2 heterocycles. The van der Waals surface area contributed by atoms with Gasteiger partial charge < -0.3 is 20.8 Å². The third-order valence-electron chi connectivity index (χ3n) is 6.75. The molecule has 5 rings (SSSR count). The van der Waals surface area contributed by atoms with Gasteiger partial charge in [0.1, 0.15) is 0 Å². The fourth-order valence-electron chi connectivity index (χ4n) is 4.93. The van der Waals surface area contributed by atoms with E-state index in [9.17, 15) is 18.7 Å². The minimum atomic E-state index is -4.25. The summed E-state index contributed by atoms with van der Waals surface area (Å²) in [4.78, 5) is 18.3. The van der Waals surface area contributed by atoms with Gasteiger partial charge in [-0.1, -0.05) is 12.1 Å². The molecule has 1 saturated carbocycles. The van der Waals surface area contributed by atoms with E-state index in [1.165, 1.54) is 0 Å². The second-order valence-electron chi connectivity index (χ2n) is 8.95. The number of aromatic nitrogens is 1. The molecule has 0 bridgehead atoms. The van der Waals surface area contributed by atoms with E-state index in [1.807, 2.05) is 37.3 Å². The van der Waals surface area contributed by atoms with Crippen molar-refractivity contribution in [1.29, 1.82) is 5.41 Å².